The first-order chi connectivity index (χ1) is 12.3. The summed E-state index contributed by atoms with van der Waals surface area (Å²) in [7, 11) is 3.28. The zero-order valence-electron chi connectivity index (χ0n) is 13.9. The van der Waals surface area contributed by atoms with Crippen molar-refractivity contribution in [1.82, 2.24) is 19.6 Å². The van der Waals surface area contributed by atoms with Crippen LogP contribution in [0.4, 0.5) is 0 Å². The van der Waals surface area contributed by atoms with Crippen LogP contribution < -0.4 is 9.47 Å². The maximum absolute atomic E-state index is 5.48. The van der Waals surface area contributed by atoms with Crippen LogP contribution in [0.1, 0.15) is 0 Å². The Kier molecular flexibility index (Phi) is 3.78. The molecule has 1 aromatic carbocycles. The van der Waals surface area contributed by atoms with Crippen LogP contribution in [-0.2, 0) is 0 Å². The SMILES string of the molecule is COc1ccc(OC)c(-c2cnn3cc(-c4ccncc4)cnc23)c1. The molecule has 0 amide bonds. The summed E-state index contributed by atoms with van der Waals surface area (Å²) in [6.45, 7) is 0. The van der Waals surface area contributed by atoms with E-state index in [0.29, 0.717) is 0 Å². The highest BCUT2D eigenvalue weighted by molar-refractivity contribution is 5.82. The van der Waals surface area contributed by atoms with Gasteiger partial charge in [0.2, 0.25) is 0 Å². The summed E-state index contributed by atoms with van der Waals surface area (Å²) in [5, 5.41) is 4.45. The molecule has 0 atom stereocenters. The van der Waals surface area contributed by atoms with Gasteiger partial charge in [0, 0.05) is 35.9 Å². The van der Waals surface area contributed by atoms with Crippen LogP contribution in [0.3, 0.4) is 0 Å². The first-order valence-corrected chi connectivity index (χ1v) is 7.76. The third-order valence-corrected chi connectivity index (χ3v) is 4.07. The minimum absolute atomic E-state index is 0.746. The Morgan fingerprint density at radius 1 is 0.880 bits per heavy atom. The second-order valence-corrected chi connectivity index (χ2v) is 5.47. The Bertz CT molecular complexity index is 1030. The Hall–Kier alpha value is -3.41. The molecule has 4 rings (SSSR count). The largest absolute Gasteiger partial charge is 0.497 e. The monoisotopic (exact) mass is 332 g/mol. The van der Waals surface area contributed by atoms with Gasteiger partial charge in [-0.2, -0.15) is 5.10 Å². The van der Waals surface area contributed by atoms with E-state index < -0.39 is 0 Å². The molecular weight excluding hydrogens is 316 g/mol. The number of ether oxygens (including phenoxy) is 2. The molecular formula is C19H16N4O2. The van der Waals surface area contributed by atoms with E-state index in [1.165, 1.54) is 0 Å². The molecule has 25 heavy (non-hydrogen) atoms. The highest BCUT2D eigenvalue weighted by atomic mass is 16.5. The molecule has 6 heteroatoms. The Morgan fingerprint density at radius 2 is 1.72 bits per heavy atom. The fraction of sp³-hybridized carbons (Fsp3) is 0.105. The van der Waals surface area contributed by atoms with Gasteiger partial charge >= 0.3 is 0 Å². The molecule has 3 aromatic heterocycles. The van der Waals surface area contributed by atoms with Crippen molar-refractivity contribution in [3.05, 3.63) is 61.3 Å². The number of benzene rings is 1. The number of hydrogen-bond acceptors (Lipinski definition) is 5. The molecule has 0 saturated carbocycles. The molecule has 0 aliphatic heterocycles. The standard InChI is InChI=1S/C19H16N4O2/c1-24-15-3-4-18(25-2)16(9-15)17-11-22-23-12-14(10-21-19(17)23)13-5-7-20-8-6-13/h3-12H,1-2H3. The predicted octanol–water partition coefficient (Wildman–Crippen LogP) is 3.48. The van der Waals surface area contributed by atoms with Crippen molar-refractivity contribution in [1.29, 1.82) is 0 Å². The Morgan fingerprint density at radius 3 is 2.48 bits per heavy atom. The molecule has 0 bridgehead atoms. The number of hydrogen-bond donors (Lipinski definition) is 0. The van der Waals surface area contributed by atoms with Crippen molar-refractivity contribution in [2.24, 2.45) is 0 Å². The second kappa shape index (κ2) is 6.24. The lowest BCUT2D eigenvalue weighted by atomic mass is 10.1. The molecule has 0 N–H and O–H groups in total. The quantitative estimate of drug-likeness (QED) is 0.572. The Balaban J connectivity index is 1.85. The van der Waals surface area contributed by atoms with Crippen molar-refractivity contribution in [3.8, 4) is 33.8 Å². The fourth-order valence-corrected chi connectivity index (χ4v) is 2.78. The molecule has 3 heterocycles. The lowest BCUT2D eigenvalue weighted by molar-refractivity contribution is 0.404. The molecule has 0 aliphatic carbocycles. The van der Waals surface area contributed by atoms with E-state index in [1.807, 2.05) is 42.7 Å². The highest BCUT2D eigenvalue weighted by Gasteiger charge is 2.14. The lowest BCUT2D eigenvalue weighted by Crippen LogP contribution is -1.93. The van der Waals surface area contributed by atoms with Gasteiger partial charge < -0.3 is 9.47 Å². The smallest absolute Gasteiger partial charge is 0.162 e. The molecule has 6 nitrogen and oxygen atoms in total. The third kappa shape index (κ3) is 2.67. The van der Waals surface area contributed by atoms with Crippen LogP contribution in [0, 0.1) is 0 Å². The van der Waals surface area contributed by atoms with E-state index in [0.717, 1.165) is 39.4 Å². The van der Waals surface area contributed by atoms with Gasteiger partial charge in [0.25, 0.3) is 0 Å². The first-order valence-electron chi connectivity index (χ1n) is 7.76. The molecule has 0 saturated heterocycles. The number of pyridine rings is 1. The molecule has 0 spiro atoms. The van der Waals surface area contributed by atoms with E-state index in [-0.39, 0.29) is 0 Å². The van der Waals surface area contributed by atoms with Gasteiger partial charge in [0.05, 0.1) is 26.0 Å². The zero-order chi connectivity index (χ0) is 17.2. The van der Waals surface area contributed by atoms with Gasteiger partial charge in [-0.15, -0.1) is 0 Å². The normalized spacial score (nSPS) is 10.8. The molecule has 0 aliphatic rings. The van der Waals surface area contributed by atoms with E-state index in [2.05, 4.69) is 15.1 Å². The summed E-state index contributed by atoms with van der Waals surface area (Å²) in [6, 6.07) is 9.55. The summed E-state index contributed by atoms with van der Waals surface area (Å²) >= 11 is 0. The van der Waals surface area contributed by atoms with Gasteiger partial charge in [-0.3, -0.25) is 4.98 Å². The summed E-state index contributed by atoms with van der Waals surface area (Å²) in [5.41, 5.74) is 4.55. The van der Waals surface area contributed by atoms with Gasteiger partial charge in [-0.05, 0) is 35.9 Å². The highest BCUT2D eigenvalue weighted by Crippen LogP contribution is 2.35. The summed E-state index contributed by atoms with van der Waals surface area (Å²) in [5.74, 6) is 1.50. The van der Waals surface area contributed by atoms with Crippen molar-refractivity contribution < 1.29 is 9.47 Å². The zero-order valence-corrected chi connectivity index (χ0v) is 13.9. The van der Waals surface area contributed by atoms with Crippen LogP contribution in [0.5, 0.6) is 11.5 Å². The van der Waals surface area contributed by atoms with Crippen LogP contribution in [-0.4, -0.2) is 33.8 Å². The molecule has 0 fully saturated rings. The predicted molar refractivity (Wildman–Crippen MR) is 94.8 cm³/mol. The van der Waals surface area contributed by atoms with Crippen LogP contribution >= 0.6 is 0 Å². The summed E-state index contributed by atoms with van der Waals surface area (Å²) < 4.78 is 12.6. The van der Waals surface area contributed by atoms with Gasteiger partial charge in [-0.1, -0.05) is 0 Å². The third-order valence-electron chi connectivity index (χ3n) is 4.07. The van der Waals surface area contributed by atoms with E-state index in [1.54, 1.807) is 37.3 Å². The van der Waals surface area contributed by atoms with Crippen molar-refractivity contribution in [3.63, 3.8) is 0 Å². The Labute approximate surface area is 144 Å². The number of fused-ring (bicyclic) bond motifs is 1. The number of methoxy groups -OCH3 is 2. The van der Waals surface area contributed by atoms with E-state index >= 15 is 0 Å². The fourth-order valence-electron chi connectivity index (χ4n) is 2.78. The van der Waals surface area contributed by atoms with Gasteiger partial charge in [0.15, 0.2) is 5.65 Å². The van der Waals surface area contributed by atoms with Crippen LogP contribution in [0.25, 0.3) is 27.9 Å². The molecule has 0 unspecified atom stereocenters. The van der Waals surface area contributed by atoms with Crippen molar-refractivity contribution in [2.45, 2.75) is 0 Å². The number of rotatable bonds is 4. The number of aromatic nitrogens is 4. The average Bonchev–Trinajstić information content (AvgIpc) is 3.11. The van der Waals surface area contributed by atoms with Crippen LogP contribution in [0.15, 0.2) is 61.3 Å². The van der Waals surface area contributed by atoms with E-state index in [9.17, 15) is 0 Å². The minimum atomic E-state index is 0.746. The maximum atomic E-state index is 5.48. The van der Waals surface area contributed by atoms with Crippen molar-refractivity contribution >= 4 is 5.65 Å². The topological polar surface area (TPSA) is 61.5 Å². The summed E-state index contributed by atoms with van der Waals surface area (Å²) in [6.07, 6.45) is 9.09. The first kappa shape index (κ1) is 15.1. The average molecular weight is 332 g/mol. The van der Waals surface area contributed by atoms with Crippen LogP contribution in [0.2, 0.25) is 0 Å². The molecule has 4 aromatic rings. The maximum Gasteiger partial charge on any atom is 0.162 e. The lowest BCUT2D eigenvalue weighted by Gasteiger charge is -2.09. The summed E-state index contributed by atoms with van der Waals surface area (Å²) in [4.78, 5) is 8.65. The second-order valence-electron chi connectivity index (χ2n) is 5.47. The minimum Gasteiger partial charge on any atom is -0.497 e. The van der Waals surface area contributed by atoms with Crippen molar-refractivity contribution in [2.75, 3.05) is 14.2 Å². The molecule has 124 valence electrons. The number of nitrogens with zero attached hydrogens (tertiary/aromatic N) is 4. The molecule has 0 radical (unpaired) electrons. The van der Waals surface area contributed by atoms with Gasteiger partial charge in [0.1, 0.15) is 11.5 Å². The van der Waals surface area contributed by atoms with Gasteiger partial charge in [-0.25, -0.2) is 9.50 Å². The van der Waals surface area contributed by atoms with E-state index in [4.69, 9.17) is 9.47 Å².